The van der Waals surface area contributed by atoms with Gasteiger partial charge in [0, 0.05) is 17.9 Å². The number of benzene rings is 1. The fourth-order valence-corrected chi connectivity index (χ4v) is 2.40. The van der Waals surface area contributed by atoms with Gasteiger partial charge in [-0.25, -0.2) is 4.98 Å². The molecule has 1 aromatic heterocycles. The van der Waals surface area contributed by atoms with Gasteiger partial charge in [0.15, 0.2) is 0 Å². The summed E-state index contributed by atoms with van der Waals surface area (Å²) >= 11 is 0. The molecule has 0 atom stereocenters. The lowest BCUT2D eigenvalue weighted by molar-refractivity contribution is -0.109. The minimum absolute atomic E-state index is 0.0895. The van der Waals surface area contributed by atoms with Gasteiger partial charge in [0.2, 0.25) is 6.41 Å². The molecule has 0 radical (unpaired) electrons. The first kappa shape index (κ1) is 12.2. The maximum Gasteiger partial charge on any atom is 0.207 e. The van der Waals surface area contributed by atoms with E-state index in [1.807, 2.05) is 0 Å². The Morgan fingerprint density at radius 3 is 2.95 bits per heavy atom. The largest absolute Gasteiger partial charge is 0.358 e. The number of carbonyl (C=O) groups excluding carboxylic acids is 1. The van der Waals surface area contributed by atoms with E-state index in [2.05, 4.69) is 47.3 Å². The molecule has 2 aromatic rings. The lowest BCUT2D eigenvalue weighted by Gasteiger charge is -2.24. The lowest BCUT2D eigenvalue weighted by Crippen LogP contribution is -2.32. The lowest BCUT2D eigenvalue weighted by atomic mass is 9.84. The summed E-state index contributed by atoms with van der Waals surface area (Å²) in [4.78, 5) is 18.5. The van der Waals surface area contributed by atoms with Crippen LogP contribution in [0.5, 0.6) is 0 Å². The third-order valence-corrected chi connectivity index (χ3v) is 3.87. The average molecular weight is 257 g/mol. The van der Waals surface area contributed by atoms with Gasteiger partial charge in [-0.15, -0.1) is 0 Å². The molecule has 1 saturated carbocycles. The number of nitrogens with one attached hydrogen (secondary N) is 2. The number of rotatable bonds is 5. The molecule has 1 heterocycles. The van der Waals surface area contributed by atoms with E-state index in [9.17, 15) is 4.79 Å². The smallest absolute Gasteiger partial charge is 0.207 e. The van der Waals surface area contributed by atoms with Crippen LogP contribution >= 0.6 is 0 Å². The predicted molar refractivity (Wildman–Crippen MR) is 75.2 cm³/mol. The zero-order valence-corrected chi connectivity index (χ0v) is 11.4. The van der Waals surface area contributed by atoms with Crippen LogP contribution in [-0.2, 0) is 10.2 Å². The van der Waals surface area contributed by atoms with Crippen molar-refractivity contribution < 1.29 is 4.79 Å². The van der Waals surface area contributed by atoms with Crippen molar-refractivity contribution in [1.29, 1.82) is 0 Å². The van der Waals surface area contributed by atoms with Crippen LogP contribution in [0.3, 0.4) is 0 Å². The van der Waals surface area contributed by atoms with Gasteiger partial charge in [-0.05, 0) is 30.5 Å². The van der Waals surface area contributed by atoms with Gasteiger partial charge in [-0.3, -0.25) is 4.79 Å². The Kier molecular flexibility index (Phi) is 2.81. The Bertz CT molecular complexity index is 611. The number of amides is 1. The highest BCUT2D eigenvalue weighted by Crippen LogP contribution is 2.39. The number of aromatic amines is 1. The number of carbonyl (C=O) groups is 1. The van der Waals surface area contributed by atoms with E-state index in [4.69, 9.17) is 0 Å². The fourth-order valence-electron chi connectivity index (χ4n) is 2.40. The minimum Gasteiger partial charge on any atom is -0.358 e. The molecule has 0 saturated heterocycles. The molecule has 1 fully saturated rings. The van der Waals surface area contributed by atoms with Crippen molar-refractivity contribution in [2.45, 2.75) is 38.0 Å². The van der Waals surface area contributed by atoms with Crippen LogP contribution in [0.15, 0.2) is 18.2 Å². The molecule has 0 spiro atoms. The zero-order valence-electron chi connectivity index (χ0n) is 11.4. The number of aromatic nitrogens is 2. The number of hydrogen-bond donors (Lipinski definition) is 2. The monoisotopic (exact) mass is 257 g/mol. The van der Waals surface area contributed by atoms with Gasteiger partial charge in [-0.2, -0.15) is 0 Å². The fraction of sp³-hybridized carbons (Fsp3) is 0.467. The Balaban J connectivity index is 1.93. The molecule has 0 unspecified atom stereocenters. The molecule has 1 aliphatic rings. The van der Waals surface area contributed by atoms with Crippen LogP contribution in [0.25, 0.3) is 11.0 Å². The van der Waals surface area contributed by atoms with E-state index in [-0.39, 0.29) is 5.41 Å². The van der Waals surface area contributed by atoms with Crippen LogP contribution in [-0.4, -0.2) is 22.9 Å². The number of hydrogen-bond acceptors (Lipinski definition) is 2. The van der Waals surface area contributed by atoms with Crippen LogP contribution in [0, 0.1) is 0 Å². The van der Waals surface area contributed by atoms with E-state index in [0.29, 0.717) is 12.5 Å². The van der Waals surface area contributed by atoms with E-state index < -0.39 is 0 Å². The first-order chi connectivity index (χ1) is 9.10. The summed E-state index contributed by atoms with van der Waals surface area (Å²) in [7, 11) is 0. The predicted octanol–water partition coefficient (Wildman–Crippen LogP) is 2.46. The molecular formula is C15H19N3O. The van der Waals surface area contributed by atoms with Gasteiger partial charge < -0.3 is 10.3 Å². The first-order valence-electron chi connectivity index (χ1n) is 6.77. The Labute approximate surface area is 112 Å². The molecular weight excluding hydrogens is 238 g/mol. The quantitative estimate of drug-likeness (QED) is 0.808. The summed E-state index contributed by atoms with van der Waals surface area (Å²) in [5.41, 5.74) is 3.24. The third kappa shape index (κ3) is 2.35. The van der Waals surface area contributed by atoms with Gasteiger partial charge >= 0.3 is 0 Å². The van der Waals surface area contributed by atoms with E-state index in [1.54, 1.807) is 0 Å². The van der Waals surface area contributed by atoms with Crippen LogP contribution < -0.4 is 5.32 Å². The van der Waals surface area contributed by atoms with Crippen molar-refractivity contribution in [2.24, 2.45) is 0 Å². The topological polar surface area (TPSA) is 57.8 Å². The molecule has 1 aromatic carbocycles. The molecule has 1 amide bonds. The van der Waals surface area contributed by atoms with Crippen LogP contribution in [0.2, 0.25) is 0 Å². The molecule has 1 aliphatic carbocycles. The van der Waals surface area contributed by atoms with Crippen molar-refractivity contribution in [3.8, 4) is 0 Å². The number of imidazole rings is 1. The third-order valence-electron chi connectivity index (χ3n) is 3.87. The Morgan fingerprint density at radius 2 is 2.26 bits per heavy atom. The summed E-state index contributed by atoms with van der Waals surface area (Å²) < 4.78 is 0. The SMILES string of the molecule is CC(C)(CNC=O)c1ccc2[nH]c(C3CC3)nc2c1. The Hall–Kier alpha value is -1.84. The van der Waals surface area contributed by atoms with Crippen LogP contribution in [0.4, 0.5) is 0 Å². The molecule has 2 N–H and O–H groups in total. The normalized spacial score (nSPS) is 15.7. The molecule has 0 bridgehead atoms. The molecule has 4 nitrogen and oxygen atoms in total. The minimum atomic E-state index is -0.0895. The van der Waals surface area contributed by atoms with Gasteiger partial charge in [0.05, 0.1) is 11.0 Å². The number of H-pyrrole nitrogens is 1. The highest BCUT2D eigenvalue weighted by Gasteiger charge is 2.27. The van der Waals surface area contributed by atoms with Gasteiger partial charge in [0.1, 0.15) is 5.82 Å². The second-order valence-corrected chi connectivity index (χ2v) is 6.01. The number of nitrogens with zero attached hydrogens (tertiary/aromatic N) is 1. The van der Waals surface area contributed by atoms with E-state index in [1.165, 1.54) is 18.4 Å². The van der Waals surface area contributed by atoms with E-state index >= 15 is 0 Å². The van der Waals surface area contributed by atoms with Crippen LogP contribution in [0.1, 0.15) is 44.0 Å². The van der Waals surface area contributed by atoms with Gasteiger partial charge in [-0.1, -0.05) is 19.9 Å². The summed E-state index contributed by atoms with van der Waals surface area (Å²) in [6.45, 7) is 4.88. The standard InChI is InChI=1S/C15H19N3O/c1-15(2,8-16-9-19)11-5-6-12-13(7-11)18-14(17-12)10-3-4-10/h5-7,9-10H,3-4,8H2,1-2H3,(H,16,19)(H,17,18). The highest BCUT2D eigenvalue weighted by molar-refractivity contribution is 5.76. The molecule has 4 heteroatoms. The van der Waals surface area contributed by atoms with Crippen molar-refractivity contribution >= 4 is 17.4 Å². The van der Waals surface area contributed by atoms with Crippen molar-refractivity contribution in [2.75, 3.05) is 6.54 Å². The van der Waals surface area contributed by atoms with E-state index in [0.717, 1.165) is 23.3 Å². The molecule has 3 rings (SSSR count). The second kappa shape index (κ2) is 4.37. The van der Waals surface area contributed by atoms with Crippen molar-refractivity contribution in [1.82, 2.24) is 15.3 Å². The summed E-state index contributed by atoms with van der Waals surface area (Å²) in [6.07, 6.45) is 3.25. The maximum atomic E-state index is 10.5. The molecule has 100 valence electrons. The average Bonchev–Trinajstić information content (AvgIpc) is 3.15. The molecule has 19 heavy (non-hydrogen) atoms. The highest BCUT2D eigenvalue weighted by atomic mass is 16.1. The Morgan fingerprint density at radius 1 is 1.47 bits per heavy atom. The first-order valence-corrected chi connectivity index (χ1v) is 6.77. The zero-order chi connectivity index (χ0) is 13.5. The number of fused-ring (bicyclic) bond motifs is 1. The summed E-state index contributed by atoms with van der Waals surface area (Å²) in [5, 5.41) is 2.76. The van der Waals surface area contributed by atoms with Crippen molar-refractivity contribution in [3.63, 3.8) is 0 Å². The summed E-state index contributed by atoms with van der Waals surface area (Å²) in [6, 6.07) is 6.33. The van der Waals surface area contributed by atoms with Crippen molar-refractivity contribution in [3.05, 3.63) is 29.6 Å². The summed E-state index contributed by atoms with van der Waals surface area (Å²) in [5.74, 6) is 1.76. The molecule has 0 aliphatic heterocycles. The second-order valence-electron chi connectivity index (χ2n) is 6.01. The maximum absolute atomic E-state index is 10.5. The van der Waals surface area contributed by atoms with Gasteiger partial charge in [0.25, 0.3) is 0 Å².